The Morgan fingerprint density at radius 2 is 2.08 bits per heavy atom. The molecule has 1 amide bonds. The smallest absolute Gasteiger partial charge is 0.250 e. The molecule has 3 nitrogen and oxygen atoms in total. The number of nitrogens with two attached hydrogens (primary N) is 1. The number of amides is 1. The topological polar surface area (TPSA) is 47.5 Å². The number of carbonyl (C=O) groups excluding carboxylic acids is 1. The number of fused-ring (bicyclic) bond motifs is 1. The molecule has 0 aliphatic heterocycles. The molecule has 0 bridgehead atoms. The second-order valence-electron chi connectivity index (χ2n) is 2.59. The van der Waals surface area contributed by atoms with Gasteiger partial charge < -0.3 is 10.1 Å². The molecule has 2 aromatic rings. The van der Waals surface area contributed by atoms with E-state index in [9.17, 15) is 4.79 Å². The summed E-state index contributed by atoms with van der Waals surface area (Å²) in [6.07, 6.45) is 3.69. The van der Waals surface area contributed by atoms with Crippen molar-refractivity contribution < 1.29 is 4.79 Å². The molecule has 0 radical (unpaired) electrons. The van der Waals surface area contributed by atoms with Gasteiger partial charge in [0.05, 0.1) is 11.1 Å². The van der Waals surface area contributed by atoms with E-state index < -0.39 is 0 Å². The van der Waals surface area contributed by atoms with Crippen molar-refractivity contribution in [3.8, 4) is 0 Å². The highest BCUT2D eigenvalue weighted by Crippen LogP contribution is 2.10. The van der Waals surface area contributed by atoms with Gasteiger partial charge in [-0.05, 0) is 18.2 Å². The van der Waals surface area contributed by atoms with E-state index in [1.807, 2.05) is 35.0 Å². The Morgan fingerprint density at radius 1 is 1.25 bits per heavy atom. The number of primary amides is 1. The van der Waals surface area contributed by atoms with E-state index in [-0.39, 0.29) is 5.91 Å². The predicted molar refractivity (Wildman–Crippen MR) is 45.9 cm³/mol. The third-order valence-corrected chi connectivity index (χ3v) is 1.83. The average Bonchev–Trinajstić information content (AvgIpc) is 2.47. The molecule has 0 saturated heterocycles. The molecule has 0 fully saturated rings. The summed E-state index contributed by atoms with van der Waals surface area (Å²) in [5, 5.41) is 0. The maximum absolute atomic E-state index is 10.9. The molecule has 0 spiro atoms. The zero-order valence-electron chi connectivity index (χ0n) is 6.40. The molecular weight excluding hydrogens is 152 g/mol. The van der Waals surface area contributed by atoms with Gasteiger partial charge in [0.25, 0.3) is 5.91 Å². The molecule has 0 aromatic carbocycles. The van der Waals surface area contributed by atoms with E-state index in [0.29, 0.717) is 5.56 Å². The minimum Gasteiger partial charge on any atom is -0.366 e. The van der Waals surface area contributed by atoms with Crippen LogP contribution in [0.3, 0.4) is 0 Å². The third kappa shape index (κ3) is 0.871. The molecular formula is C9H8N2O. The number of aromatic nitrogens is 1. The van der Waals surface area contributed by atoms with Gasteiger partial charge in [-0.2, -0.15) is 0 Å². The molecule has 2 N–H and O–H groups in total. The number of carbonyl (C=O) groups is 1. The first-order chi connectivity index (χ1) is 5.79. The van der Waals surface area contributed by atoms with Crippen molar-refractivity contribution in [3.05, 3.63) is 42.2 Å². The van der Waals surface area contributed by atoms with Crippen LogP contribution in [-0.2, 0) is 0 Å². The molecule has 0 unspecified atom stereocenters. The fraction of sp³-hybridized carbons (Fsp3) is 0. The highest BCUT2D eigenvalue weighted by Gasteiger charge is 2.05. The van der Waals surface area contributed by atoms with E-state index in [4.69, 9.17) is 5.73 Å². The van der Waals surface area contributed by atoms with Crippen molar-refractivity contribution in [1.29, 1.82) is 0 Å². The van der Waals surface area contributed by atoms with E-state index >= 15 is 0 Å². The van der Waals surface area contributed by atoms with Crippen LogP contribution in [0.5, 0.6) is 0 Å². The lowest BCUT2D eigenvalue weighted by atomic mass is 10.2. The van der Waals surface area contributed by atoms with Gasteiger partial charge in [-0.3, -0.25) is 4.79 Å². The van der Waals surface area contributed by atoms with Gasteiger partial charge in [-0.1, -0.05) is 6.07 Å². The van der Waals surface area contributed by atoms with Crippen LogP contribution in [-0.4, -0.2) is 10.3 Å². The van der Waals surface area contributed by atoms with Crippen LogP contribution in [0, 0.1) is 0 Å². The first-order valence-corrected chi connectivity index (χ1v) is 3.64. The largest absolute Gasteiger partial charge is 0.366 e. The number of hydrogen-bond donors (Lipinski definition) is 1. The Morgan fingerprint density at radius 3 is 2.83 bits per heavy atom. The SMILES string of the molecule is NC(=O)c1ccn2ccccc12. The van der Waals surface area contributed by atoms with Crippen LogP contribution in [0.15, 0.2) is 36.7 Å². The first-order valence-electron chi connectivity index (χ1n) is 3.64. The van der Waals surface area contributed by atoms with Crippen LogP contribution in [0.4, 0.5) is 0 Å². The van der Waals surface area contributed by atoms with Crippen LogP contribution in [0.25, 0.3) is 5.52 Å². The van der Waals surface area contributed by atoms with Crippen molar-refractivity contribution in [3.63, 3.8) is 0 Å². The summed E-state index contributed by atoms with van der Waals surface area (Å²) in [4.78, 5) is 10.9. The molecule has 2 heterocycles. The van der Waals surface area contributed by atoms with Crippen molar-refractivity contribution in [2.75, 3.05) is 0 Å². The molecule has 0 aliphatic carbocycles. The zero-order chi connectivity index (χ0) is 8.55. The number of nitrogens with zero attached hydrogens (tertiary/aromatic N) is 1. The van der Waals surface area contributed by atoms with Crippen molar-refractivity contribution >= 4 is 11.4 Å². The van der Waals surface area contributed by atoms with Crippen molar-refractivity contribution in [1.82, 2.24) is 4.40 Å². The Bertz CT molecular complexity index is 431. The summed E-state index contributed by atoms with van der Waals surface area (Å²) in [7, 11) is 0. The lowest BCUT2D eigenvalue weighted by Crippen LogP contribution is -2.10. The average molecular weight is 160 g/mol. The quantitative estimate of drug-likeness (QED) is 0.665. The Kier molecular flexibility index (Phi) is 1.37. The van der Waals surface area contributed by atoms with Gasteiger partial charge in [0.1, 0.15) is 0 Å². The van der Waals surface area contributed by atoms with Crippen LogP contribution in [0.2, 0.25) is 0 Å². The molecule has 2 rings (SSSR count). The normalized spacial score (nSPS) is 10.3. The molecule has 0 saturated carbocycles. The van der Waals surface area contributed by atoms with E-state index in [1.165, 1.54) is 0 Å². The number of pyridine rings is 1. The fourth-order valence-electron chi connectivity index (χ4n) is 1.26. The molecule has 2 aromatic heterocycles. The minimum absolute atomic E-state index is 0.385. The predicted octanol–water partition coefficient (Wildman–Crippen LogP) is 1.04. The summed E-state index contributed by atoms with van der Waals surface area (Å²) in [6.45, 7) is 0. The maximum Gasteiger partial charge on any atom is 0.250 e. The van der Waals surface area contributed by atoms with E-state index in [0.717, 1.165) is 5.52 Å². The molecule has 3 heteroatoms. The second kappa shape index (κ2) is 2.37. The highest BCUT2D eigenvalue weighted by atomic mass is 16.1. The second-order valence-corrected chi connectivity index (χ2v) is 2.59. The molecule has 12 heavy (non-hydrogen) atoms. The van der Waals surface area contributed by atoms with Crippen molar-refractivity contribution in [2.24, 2.45) is 5.73 Å². The molecule has 60 valence electrons. The Balaban J connectivity index is 2.79. The van der Waals surface area contributed by atoms with Crippen LogP contribution in [0.1, 0.15) is 10.4 Å². The van der Waals surface area contributed by atoms with Crippen LogP contribution >= 0.6 is 0 Å². The van der Waals surface area contributed by atoms with Gasteiger partial charge in [0.15, 0.2) is 0 Å². The highest BCUT2D eigenvalue weighted by molar-refractivity contribution is 5.99. The lowest BCUT2D eigenvalue weighted by molar-refractivity contribution is 0.100. The van der Waals surface area contributed by atoms with Gasteiger partial charge in [0.2, 0.25) is 0 Å². The number of rotatable bonds is 1. The lowest BCUT2D eigenvalue weighted by Gasteiger charge is -1.93. The molecule has 0 aliphatic rings. The standard InChI is InChI=1S/C9H8N2O/c10-9(12)7-4-6-11-5-2-1-3-8(7)11/h1-6H,(H2,10,12). The van der Waals surface area contributed by atoms with Gasteiger partial charge in [-0.15, -0.1) is 0 Å². The maximum atomic E-state index is 10.9. The van der Waals surface area contributed by atoms with E-state index in [1.54, 1.807) is 6.07 Å². The Labute approximate surface area is 69.4 Å². The summed E-state index contributed by atoms with van der Waals surface area (Å²) < 4.78 is 1.86. The summed E-state index contributed by atoms with van der Waals surface area (Å²) in [5.41, 5.74) is 6.59. The minimum atomic E-state index is -0.385. The number of hydrogen-bond acceptors (Lipinski definition) is 1. The summed E-state index contributed by atoms with van der Waals surface area (Å²) in [5.74, 6) is -0.385. The van der Waals surface area contributed by atoms with Gasteiger partial charge in [0, 0.05) is 12.4 Å². The fourth-order valence-corrected chi connectivity index (χ4v) is 1.26. The van der Waals surface area contributed by atoms with Crippen molar-refractivity contribution in [2.45, 2.75) is 0 Å². The van der Waals surface area contributed by atoms with Gasteiger partial charge >= 0.3 is 0 Å². The third-order valence-electron chi connectivity index (χ3n) is 1.83. The Hall–Kier alpha value is -1.77. The summed E-state index contributed by atoms with van der Waals surface area (Å²) in [6, 6.07) is 7.36. The zero-order valence-corrected chi connectivity index (χ0v) is 6.40. The van der Waals surface area contributed by atoms with E-state index in [2.05, 4.69) is 0 Å². The first kappa shape index (κ1) is 6.91. The molecule has 0 atom stereocenters. The van der Waals surface area contributed by atoms with Crippen LogP contribution < -0.4 is 5.73 Å². The van der Waals surface area contributed by atoms with Gasteiger partial charge in [-0.25, -0.2) is 0 Å². The monoisotopic (exact) mass is 160 g/mol. The summed E-state index contributed by atoms with van der Waals surface area (Å²) >= 11 is 0.